The molecule has 0 aromatic heterocycles. The fourth-order valence-electron chi connectivity index (χ4n) is 7.34. The summed E-state index contributed by atoms with van der Waals surface area (Å²) < 4.78 is 5.45. The Morgan fingerprint density at radius 1 is 0.500 bits per heavy atom. The molecule has 0 heterocycles. The molecule has 0 aliphatic carbocycles. The standard InChI is InChI=1S/C48H93NO5/c1-3-5-7-9-11-13-15-16-17-22-26-30-34-38-42-48(53)54-43-39-35-31-27-23-19-18-21-25-29-33-37-41-47(52)49-45(44-50)46(51)40-36-32-28-24-20-14-12-10-8-6-4-2/h36,40,45-46,50-51H,3-35,37-39,41-44H2,1-2H3,(H,49,52)/b40-36+. The highest BCUT2D eigenvalue weighted by atomic mass is 16.5. The summed E-state index contributed by atoms with van der Waals surface area (Å²) in [6, 6.07) is -0.636. The Balaban J connectivity index is 3.47. The molecule has 0 rings (SSSR count). The average molecular weight is 764 g/mol. The maximum Gasteiger partial charge on any atom is 0.305 e. The Kier molecular flexibility index (Phi) is 43.2. The molecule has 0 aromatic rings. The van der Waals surface area contributed by atoms with Crippen LogP contribution in [-0.2, 0) is 14.3 Å². The third-order valence-electron chi connectivity index (χ3n) is 11.1. The molecule has 6 nitrogen and oxygen atoms in total. The van der Waals surface area contributed by atoms with E-state index in [2.05, 4.69) is 19.2 Å². The van der Waals surface area contributed by atoms with Crippen LogP contribution in [-0.4, -0.2) is 47.4 Å². The third kappa shape index (κ3) is 40.3. The van der Waals surface area contributed by atoms with Crippen LogP contribution in [0.1, 0.15) is 258 Å². The van der Waals surface area contributed by atoms with Crippen LogP contribution in [0.3, 0.4) is 0 Å². The van der Waals surface area contributed by atoms with Gasteiger partial charge < -0.3 is 20.3 Å². The average Bonchev–Trinajstić information content (AvgIpc) is 3.17. The second kappa shape index (κ2) is 44.3. The summed E-state index contributed by atoms with van der Waals surface area (Å²) in [6.45, 7) is 4.85. The number of unbranched alkanes of at least 4 members (excludes halogenated alkanes) is 33. The summed E-state index contributed by atoms with van der Waals surface area (Å²) in [5, 5.41) is 22.9. The molecule has 0 aliphatic rings. The Bertz CT molecular complexity index is 802. The van der Waals surface area contributed by atoms with Gasteiger partial charge in [0.2, 0.25) is 5.91 Å². The molecule has 0 saturated carbocycles. The molecule has 1 amide bonds. The lowest BCUT2D eigenvalue weighted by atomic mass is 10.0. The molecule has 320 valence electrons. The van der Waals surface area contributed by atoms with Crippen LogP contribution in [0.25, 0.3) is 0 Å². The molecule has 0 aliphatic heterocycles. The highest BCUT2D eigenvalue weighted by molar-refractivity contribution is 5.76. The van der Waals surface area contributed by atoms with Gasteiger partial charge in [-0.25, -0.2) is 0 Å². The van der Waals surface area contributed by atoms with Crippen LogP contribution in [0.15, 0.2) is 12.2 Å². The van der Waals surface area contributed by atoms with Gasteiger partial charge in [-0.15, -0.1) is 0 Å². The number of aliphatic hydroxyl groups excluding tert-OH is 2. The first-order chi connectivity index (χ1) is 26.5. The summed E-state index contributed by atoms with van der Waals surface area (Å²) >= 11 is 0. The first-order valence-corrected chi connectivity index (χ1v) is 24.0. The van der Waals surface area contributed by atoms with E-state index in [1.807, 2.05) is 6.08 Å². The van der Waals surface area contributed by atoms with Crippen LogP contribution >= 0.6 is 0 Å². The van der Waals surface area contributed by atoms with E-state index in [4.69, 9.17) is 4.74 Å². The van der Waals surface area contributed by atoms with Crippen LogP contribution in [0.5, 0.6) is 0 Å². The van der Waals surface area contributed by atoms with Crippen molar-refractivity contribution in [1.29, 1.82) is 0 Å². The largest absolute Gasteiger partial charge is 0.466 e. The van der Waals surface area contributed by atoms with E-state index < -0.39 is 12.1 Å². The fourth-order valence-corrected chi connectivity index (χ4v) is 7.34. The molecule has 0 spiro atoms. The van der Waals surface area contributed by atoms with Crippen molar-refractivity contribution in [2.24, 2.45) is 0 Å². The zero-order valence-electron chi connectivity index (χ0n) is 36.2. The fraction of sp³-hybridized carbons (Fsp3) is 0.917. The lowest BCUT2D eigenvalue weighted by Crippen LogP contribution is -2.45. The summed E-state index contributed by atoms with van der Waals surface area (Å²) in [4.78, 5) is 24.4. The van der Waals surface area contributed by atoms with Gasteiger partial charge in [-0.3, -0.25) is 9.59 Å². The van der Waals surface area contributed by atoms with Crippen LogP contribution in [0.4, 0.5) is 0 Å². The molecule has 2 atom stereocenters. The molecule has 6 heteroatoms. The number of amides is 1. The van der Waals surface area contributed by atoms with E-state index in [-0.39, 0.29) is 18.5 Å². The first-order valence-electron chi connectivity index (χ1n) is 24.0. The SMILES string of the molecule is CCCCCCCCCCC/C=C/C(O)C(CO)NC(=O)CCCCCCCCCCCCCCOC(=O)CCCCCCCCCCCCCCCC. The Morgan fingerprint density at radius 2 is 0.852 bits per heavy atom. The van der Waals surface area contributed by atoms with Gasteiger partial charge in [0.1, 0.15) is 0 Å². The van der Waals surface area contributed by atoms with Crippen molar-refractivity contribution in [2.75, 3.05) is 13.2 Å². The maximum absolute atomic E-state index is 12.4. The van der Waals surface area contributed by atoms with Crippen molar-refractivity contribution in [3.63, 3.8) is 0 Å². The van der Waals surface area contributed by atoms with Crippen molar-refractivity contribution in [1.82, 2.24) is 5.32 Å². The van der Waals surface area contributed by atoms with Crippen molar-refractivity contribution in [3.05, 3.63) is 12.2 Å². The van der Waals surface area contributed by atoms with E-state index in [0.29, 0.717) is 19.4 Å². The van der Waals surface area contributed by atoms with E-state index in [1.165, 1.54) is 173 Å². The molecule has 2 unspecified atom stereocenters. The number of rotatable bonds is 44. The normalized spacial score (nSPS) is 12.7. The Morgan fingerprint density at radius 3 is 1.26 bits per heavy atom. The highest BCUT2D eigenvalue weighted by Crippen LogP contribution is 2.16. The molecule has 0 saturated heterocycles. The lowest BCUT2D eigenvalue weighted by Gasteiger charge is -2.20. The van der Waals surface area contributed by atoms with Gasteiger partial charge in [0, 0.05) is 12.8 Å². The number of esters is 1. The minimum Gasteiger partial charge on any atom is -0.466 e. The first kappa shape index (κ1) is 52.6. The summed E-state index contributed by atoms with van der Waals surface area (Å²) in [7, 11) is 0. The quantitative estimate of drug-likeness (QED) is 0.0326. The monoisotopic (exact) mass is 764 g/mol. The topological polar surface area (TPSA) is 95.9 Å². The second-order valence-corrected chi connectivity index (χ2v) is 16.5. The zero-order chi connectivity index (χ0) is 39.4. The lowest BCUT2D eigenvalue weighted by molar-refractivity contribution is -0.143. The molecule has 3 N–H and O–H groups in total. The van der Waals surface area contributed by atoms with Crippen molar-refractivity contribution in [3.8, 4) is 0 Å². The number of allylic oxidation sites excluding steroid dienone is 1. The van der Waals surface area contributed by atoms with Crippen LogP contribution in [0, 0.1) is 0 Å². The Labute approximate surface area is 336 Å². The molecular formula is C48H93NO5. The van der Waals surface area contributed by atoms with E-state index in [0.717, 1.165) is 57.8 Å². The van der Waals surface area contributed by atoms with E-state index >= 15 is 0 Å². The molecule has 0 bridgehead atoms. The summed E-state index contributed by atoms with van der Waals surface area (Å²) in [6.07, 6.45) is 49.1. The number of nitrogens with one attached hydrogen (secondary N) is 1. The minimum atomic E-state index is -0.851. The molecule has 0 aromatic carbocycles. The molecule has 54 heavy (non-hydrogen) atoms. The van der Waals surface area contributed by atoms with Crippen molar-refractivity contribution in [2.45, 2.75) is 270 Å². The van der Waals surface area contributed by atoms with Gasteiger partial charge in [-0.1, -0.05) is 225 Å². The minimum absolute atomic E-state index is 0.00902. The van der Waals surface area contributed by atoms with Gasteiger partial charge in [0.15, 0.2) is 0 Å². The third-order valence-corrected chi connectivity index (χ3v) is 11.1. The van der Waals surface area contributed by atoms with Gasteiger partial charge >= 0.3 is 5.97 Å². The summed E-state index contributed by atoms with van der Waals surface area (Å²) in [5.41, 5.74) is 0. The number of carbonyl (C=O) groups is 2. The van der Waals surface area contributed by atoms with Crippen LogP contribution < -0.4 is 5.32 Å². The second-order valence-electron chi connectivity index (χ2n) is 16.5. The number of ether oxygens (including phenoxy) is 1. The van der Waals surface area contributed by atoms with Gasteiger partial charge in [-0.05, 0) is 32.1 Å². The van der Waals surface area contributed by atoms with Gasteiger partial charge in [0.05, 0.1) is 25.4 Å². The smallest absolute Gasteiger partial charge is 0.305 e. The van der Waals surface area contributed by atoms with Gasteiger partial charge in [0.25, 0.3) is 0 Å². The van der Waals surface area contributed by atoms with E-state index in [1.54, 1.807) is 6.08 Å². The molecule has 0 radical (unpaired) electrons. The van der Waals surface area contributed by atoms with Crippen LogP contribution in [0.2, 0.25) is 0 Å². The molecular weight excluding hydrogens is 671 g/mol. The predicted octanol–water partition coefficient (Wildman–Crippen LogP) is 13.8. The van der Waals surface area contributed by atoms with Crippen molar-refractivity contribution < 1.29 is 24.5 Å². The zero-order valence-corrected chi connectivity index (χ0v) is 36.2. The number of aliphatic hydroxyl groups is 2. The number of carbonyl (C=O) groups excluding carboxylic acids is 2. The Hall–Kier alpha value is -1.40. The maximum atomic E-state index is 12.4. The number of hydrogen-bond acceptors (Lipinski definition) is 5. The van der Waals surface area contributed by atoms with Gasteiger partial charge in [-0.2, -0.15) is 0 Å². The summed E-state index contributed by atoms with van der Waals surface area (Å²) in [5.74, 6) is -0.0934. The van der Waals surface area contributed by atoms with E-state index in [9.17, 15) is 19.8 Å². The molecule has 0 fully saturated rings. The highest BCUT2D eigenvalue weighted by Gasteiger charge is 2.18. The number of hydrogen-bond donors (Lipinski definition) is 3. The predicted molar refractivity (Wildman–Crippen MR) is 232 cm³/mol. The van der Waals surface area contributed by atoms with Crippen molar-refractivity contribution >= 4 is 11.9 Å².